The Balaban J connectivity index is 2.31. The molecule has 0 aliphatic carbocycles. The summed E-state index contributed by atoms with van der Waals surface area (Å²) >= 11 is 0. The number of benzene rings is 1. The standard InChI is InChI=1S/C14H10F2N2O3/c1-21-14(20)10-7-9(15)2-3-11(10)18-13(19)8-4-5-17-12(16)6-8/h2-7H,1H3,(H,18,19). The van der Waals surface area contributed by atoms with Gasteiger partial charge in [0.15, 0.2) is 0 Å². The fourth-order valence-electron chi connectivity index (χ4n) is 1.64. The Morgan fingerprint density at radius 1 is 1.19 bits per heavy atom. The van der Waals surface area contributed by atoms with Crippen LogP contribution in [0.4, 0.5) is 14.5 Å². The lowest BCUT2D eigenvalue weighted by Gasteiger charge is -2.10. The van der Waals surface area contributed by atoms with Crippen molar-refractivity contribution in [3.63, 3.8) is 0 Å². The Hall–Kier alpha value is -2.83. The number of hydrogen-bond acceptors (Lipinski definition) is 4. The van der Waals surface area contributed by atoms with Crippen LogP contribution in [0.2, 0.25) is 0 Å². The molecule has 1 aromatic heterocycles. The van der Waals surface area contributed by atoms with E-state index < -0.39 is 23.6 Å². The number of nitrogens with zero attached hydrogens (tertiary/aromatic N) is 1. The highest BCUT2D eigenvalue weighted by molar-refractivity contribution is 6.07. The number of anilines is 1. The van der Waals surface area contributed by atoms with Crippen molar-refractivity contribution in [3.05, 3.63) is 59.4 Å². The molecule has 0 spiro atoms. The van der Waals surface area contributed by atoms with Gasteiger partial charge in [-0.1, -0.05) is 0 Å². The van der Waals surface area contributed by atoms with Crippen molar-refractivity contribution in [2.45, 2.75) is 0 Å². The monoisotopic (exact) mass is 292 g/mol. The van der Waals surface area contributed by atoms with E-state index in [9.17, 15) is 18.4 Å². The van der Waals surface area contributed by atoms with E-state index in [4.69, 9.17) is 0 Å². The maximum atomic E-state index is 13.2. The quantitative estimate of drug-likeness (QED) is 0.696. The second-order valence-corrected chi connectivity index (χ2v) is 4.00. The molecule has 1 heterocycles. The van der Waals surface area contributed by atoms with Crippen LogP contribution in [0.5, 0.6) is 0 Å². The zero-order valence-electron chi connectivity index (χ0n) is 10.9. The average Bonchev–Trinajstić information content (AvgIpc) is 2.48. The Kier molecular flexibility index (Phi) is 4.22. The summed E-state index contributed by atoms with van der Waals surface area (Å²) in [5.74, 6) is -2.92. The van der Waals surface area contributed by atoms with Crippen LogP contribution in [0.1, 0.15) is 20.7 Å². The van der Waals surface area contributed by atoms with E-state index in [0.717, 1.165) is 31.5 Å². The largest absolute Gasteiger partial charge is 0.465 e. The number of pyridine rings is 1. The number of carbonyl (C=O) groups is 2. The van der Waals surface area contributed by atoms with Crippen molar-refractivity contribution >= 4 is 17.6 Å². The number of methoxy groups -OCH3 is 1. The van der Waals surface area contributed by atoms with E-state index in [1.165, 1.54) is 12.1 Å². The third-order valence-electron chi connectivity index (χ3n) is 2.62. The molecule has 21 heavy (non-hydrogen) atoms. The highest BCUT2D eigenvalue weighted by Gasteiger charge is 2.16. The van der Waals surface area contributed by atoms with Gasteiger partial charge in [-0.15, -0.1) is 0 Å². The third-order valence-corrected chi connectivity index (χ3v) is 2.62. The van der Waals surface area contributed by atoms with E-state index >= 15 is 0 Å². The molecule has 1 N–H and O–H groups in total. The molecule has 0 aliphatic rings. The number of carbonyl (C=O) groups excluding carboxylic acids is 2. The molecule has 7 heteroatoms. The molecule has 0 atom stereocenters. The molecule has 0 aliphatic heterocycles. The summed E-state index contributed by atoms with van der Waals surface area (Å²) in [7, 11) is 1.14. The number of amides is 1. The van der Waals surface area contributed by atoms with Gasteiger partial charge < -0.3 is 10.1 Å². The van der Waals surface area contributed by atoms with Crippen LogP contribution in [0.3, 0.4) is 0 Å². The molecule has 0 bridgehead atoms. The molecular formula is C14H10F2N2O3. The van der Waals surface area contributed by atoms with Gasteiger partial charge in [-0.05, 0) is 24.3 Å². The number of hydrogen-bond donors (Lipinski definition) is 1. The van der Waals surface area contributed by atoms with Gasteiger partial charge in [-0.2, -0.15) is 4.39 Å². The predicted octanol–water partition coefficient (Wildman–Crippen LogP) is 2.40. The average molecular weight is 292 g/mol. The van der Waals surface area contributed by atoms with Crippen LogP contribution in [-0.4, -0.2) is 24.0 Å². The maximum Gasteiger partial charge on any atom is 0.340 e. The van der Waals surface area contributed by atoms with Crippen LogP contribution in [0.25, 0.3) is 0 Å². The summed E-state index contributed by atoms with van der Waals surface area (Å²) < 4.78 is 30.7. The second kappa shape index (κ2) is 6.08. The van der Waals surface area contributed by atoms with Gasteiger partial charge in [0.25, 0.3) is 5.91 Å². The third kappa shape index (κ3) is 3.38. The van der Waals surface area contributed by atoms with Crippen LogP contribution < -0.4 is 5.32 Å². The van der Waals surface area contributed by atoms with Crippen molar-refractivity contribution in [1.29, 1.82) is 0 Å². The van der Waals surface area contributed by atoms with Gasteiger partial charge in [-0.25, -0.2) is 14.2 Å². The summed E-state index contributed by atoms with van der Waals surface area (Å²) in [5.41, 5.74) is -0.0616. The number of rotatable bonds is 3. The van der Waals surface area contributed by atoms with Crippen LogP contribution >= 0.6 is 0 Å². The number of aromatic nitrogens is 1. The van der Waals surface area contributed by atoms with E-state index in [1.807, 2.05) is 0 Å². The number of halogens is 2. The summed E-state index contributed by atoms with van der Waals surface area (Å²) in [5, 5.41) is 2.40. The van der Waals surface area contributed by atoms with Gasteiger partial charge in [0, 0.05) is 17.8 Å². The molecule has 2 rings (SSSR count). The normalized spacial score (nSPS) is 10.0. The molecular weight excluding hydrogens is 282 g/mol. The van der Waals surface area contributed by atoms with Gasteiger partial charge in [0.2, 0.25) is 5.95 Å². The highest BCUT2D eigenvalue weighted by atomic mass is 19.1. The smallest absolute Gasteiger partial charge is 0.340 e. The van der Waals surface area contributed by atoms with Gasteiger partial charge in [0.1, 0.15) is 5.82 Å². The molecule has 0 saturated heterocycles. The summed E-state index contributed by atoms with van der Waals surface area (Å²) in [6.07, 6.45) is 1.14. The Labute approximate surface area is 118 Å². The molecule has 0 fully saturated rings. The molecule has 0 saturated carbocycles. The highest BCUT2D eigenvalue weighted by Crippen LogP contribution is 2.19. The minimum Gasteiger partial charge on any atom is -0.465 e. The molecule has 2 aromatic rings. The van der Waals surface area contributed by atoms with Crippen molar-refractivity contribution in [3.8, 4) is 0 Å². The van der Waals surface area contributed by atoms with Crippen LogP contribution in [0, 0.1) is 11.8 Å². The number of ether oxygens (including phenoxy) is 1. The lowest BCUT2D eigenvalue weighted by Crippen LogP contribution is -2.16. The maximum absolute atomic E-state index is 13.2. The van der Waals surface area contributed by atoms with E-state index in [0.29, 0.717) is 0 Å². The lowest BCUT2D eigenvalue weighted by atomic mass is 10.1. The SMILES string of the molecule is COC(=O)c1cc(F)ccc1NC(=O)c1ccnc(F)c1. The Bertz CT molecular complexity index is 704. The molecule has 1 aromatic carbocycles. The molecule has 0 radical (unpaired) electrons. The molecule has 0 unspecified atom stereocenters. The van der Waals surface area contributed by atoms with Gasteiger partial charge in [-0.3, -0.25) is 4.79 Å². The van der Waals surface area contributed by atoms with Crippen molar-refractivity contribution in [1.82, 2.24) is 4.98 Å². The topological polar surface area (TPSA) is 68.3 Å². The van der Waals surface area contributed by atoms with Crippen molar-refractivity contribution < 1.29 is 23.1 Å². The molecule has 108 valence electrons. The van der Waals surface area contributed by atoms with Gasteiger partial charge >= 0.3 is 5.97 Å². The Morgan fingerprint density at radius 3 is 2.62 bits per heavy atom. The minimum absolute atomic E-state index is 0.0163. The summed E-state index contributed by atoms with van der Waals surface area (Å²) in [4.78, 5) is 26.8. The first-order chi connectivity index (χ1) is 10.0. The molecule has 1 amide bonds. The zero-order valence-corrected chi connectivity index (χ0v) is 10.9. The number of nitrogens with one attached hydrogen (secondary N) is 1. The van der Waals surface area contributed by atoms with E-state index in [2.05, 4.69) is 15.0 Å². The zero-order chi connectivity index (χ0) is 15.4. The fourth-order valence-corrected chi connectivity index (χ4v) is 1.64. The molecule has 5 nitrogen and oxygen atoms in total. The first kappa shape index (κ1) is 14.6. The summed E-state index contributed by atoms with van der Waals surface area (Å²) in [6.45, 7) is 0. The fraction of sp³-hybridized carbons (Fsp3) is 0.0714. The summed E-state index contributed by atoms with van der Waals surface area (Å²) in [6, 6.07) is 5.48. The van der Waals surface area contributed by atoms with E-state index in [-0.39, 0.29) is 16.8 Å². The van der Waals surface area contributed by atoms with E-state index in [1.54, 1.807) is 0 Å². The minimum atomic E-state index is -0.810. The predicted molar refractivity (Wildman–Crippen MR) is 69.9 cm³/mol. The van der Waals surface area contributed by atoms with Crippen molar-refractivity contribution in [2.24, 2.45) is 0 Å². The lowest BCUT2D eigenvalue weighted by molar-refractivity contribution is 0.0601. The Morgan fingerprint density at radius 2 is 1.95 bits per heavy atom. The van der Waals surface area contributed by atoms with Crippen molar-refractivity contribution in [2.75, 3.05) is 12.4 Å². The van der Waals surface area contributed by atoms with Crippen LogP contribution in [0.15, 0.2) is 36.5 Å². The van der Waals surface area contributed by atoms with Gasteiger partial charge in [0.05, 0.1) is 18.4 Å². The second-order valence-electron chi connectivity index (χ2n) is 4.00. The first-order valence-electron chi connectivity index (χ1n) is 5.82. The number of esters is 1. The first-order valence-corrected chi connectivity index (χ1v) is 5.82. The van der Waals surface area contributed by atoms with Crippen LogP contribution in [-0.2, 0) is 4.74 Å².